The minimum atomic E-state index is 0.365. The van der Waals surface area contributed by atoms with Crippen molar-refractivity contribution in [1.29, 1.82) is 0 Å². The van der Waals surface area contributed by atoms with Crippen molar-refractivity contribution in [3.63, 3.8) is 0 Å². The maximum absolute atomic E-state index is 6.36. The highest BCUT2D eigenvalue weighted by Gasteiger charge is 2.23. The Bertz CT molecular complexity index is 1130. The topological polar surface area (TPSA) is 65.0 Å². The zero-order chi connectivity index (χ0) is 21.6. The molecule has 31 heavy (non-hydrogen) atoms. The number of hydrogen-bond acceptors (Lipinski definition) is 5. The van der Waals surface area contributed by atoms with Gasteiger partial charge in [-0.25, -0.2) is 0 Å². The molecule has 160 valence electrons. The van der Waals surface area contributed by atoms with E-state index in [0.717, 1.165) is 17.5 Å². The van der Waals surface area contributed by atoms with E-state index in [1.807, 2.05) is 43.3 Å². The van der Waals surface area contributed by atoms with Crippen molar-refractivity contribution in [2.24, 2.45) is 0 Å². The lowest BCUT2D eigenvalue weighted by molar-refractivity contribution is 0.397. The molecule has 0 saturated heterocycles. The molecule has 0 radical (unpaired) electrons. The smallest absolute Gasteiger partial charge is 0.264 e. The highest BCUT2D eigenvalue weighted by molar-refractivity contribution is 6.33. The van der Waals surface area contributed by atoms with Gasteiger partial charge in [0.2, 0.25) is 5.82 Å². The first-order chi connectivity index (χ1) is 15.2. The minimum absolute atomic E-state index is 0.365. The Morgan fingerprint density at radius 2 is 1.65 bits per heavy atom. The fourth-order valence-corrected chi connectivity index (χ4v) is 3.88. The maximum Gasteiger partial charge on any atom is 0.264 e. The quantitative estimate of drug-likeness (QED) is 0.254. The van der Waals surface area contributed by atoms with Crippen LogP contribution in [0.25, 0.3) is 34.1 Å². The molecule has 0 aliphatic rings. The third kappa shape index (κ3) is 4.88. The summed E-state index contributed by atoms with van der Waals surface area (Å²) in [6, 6.07) is 15.9. The minimum Gasteiger partial charge on any atom is -0.360 e. The van der Waals surface area contributed by atoms with Crippen LogP contribution in [0.3, 0.4) is 0 Å². The fraction of sp³-hybridized carbons (Fsp3) is 0.320. The lowest BCUT2D eigenvalue weighted by atomic mass is 10.0. The zero-order valence-corrected chi connectivity index (χ0v) is 18.7. The summed E-state index contributed by atoms with van der Waals surface area (Å²) in [5.74, 6) is 1.50. The normalized spacial score (nSPS) is 11.2. The van der Waals surface area contributed by atoms with Crippen LogP contribution in [-0.4, -0.2) is 15.3 Å². The van der Waals surface area contributed by atoms with E-state index in [1.165, 1.54) is 37.7 Å². The Labute approximate surface area is 187 Å². The second-order valence-corrected chi connectivity index (χ2v) is 8.13. The van der Waals surface area contributed by atoms with Gasteiger partial charge in [-0.15, -0.1) is 0 Å². The van der Waals surface area contributed by atoms with E-state index in [9.17, 15) is 0 Å². The first-order valence-corrected chi connectivity index (χ1v) is 11.2. The molecule has 0 fully saturated rings. The molecule has 0 spiro atoms. The number of nitrogens with zero attached hydrogens (tertiary/aromatic N) is 3. The van der Waals surface area contributed by atoms with Gasteiger partial charge in [0, 0.05) is 11.1 Å². The Balaban J connectivity index is 1.52. The van der Waals surface area contributed by atoms with Gasteiger partial charge in [0.25, 0.3) is 5.89 Å². The number of unbranched alkanes of at least 4 members (excludes halogenated alkanes) is 4. The molecule has 6 heteroatoms. The molecule has 2 aromatic carbocycles. The Morgan fingerprint density at radius 3 is 2.42 bits per heavy atom. The number of halogens is 1. The highest BCUT2D eigenvalue weighted by Crippen LogP contribution is 2.37. The molecule has 0 unspecified atom stereocenters. The summed E-state index contributed by atoms with van der Waals surface area (Å²) in [5, 5.41) is 8.94. The third-order valence-corrected chi connectivity index (χ3v) is 5.74. The second-order valence-electron chi connectivity index (χ2n) is 7.73. The fourth-order valence-electron chi connectivity index (χ4n) is 3.66. The summed E-state index contributed by atoms with van der Waals surface area (Å²) in [5.41, 5.74) is 4.27. The number of rotatable bonds is 9. The molecule has 0 atom stereocenters. The predicted molar refractivity (Wildman–Crippen MR) is 123 cm³/mol. The van der Waals surface area contributed by atoms with Crippen molar-refractivity contribution in [3.8, 4) is 34.1 Å². The molecule has 4 aromatic rings. The van der Waals surface area contributed by atoms with Crippen molar-refractivity contribution in [2.45, 2.75) is 52.4 Å². The van der Waals surface area contributed by atoms with E-state index < -0.39 is 0 Å². The second kappa shape index (κ2) is 9.92. The van der Waals surface area contributed by atoms with E-state index in [-0.39, 0.29) is 0 Å². The molecule has 0 amide bonds. The lowest BCUT2D eigenvalue weighted by Gasteiger charge is -2.02. The molecule has 4 rings (SSSR count). The summed E-state index contributed by atoms with van der Waals surface area (Å²) in [7, 11) is 0. The van der Waals surface area contributed by atoms with Gasteiger partial charge in [-0.05, 0) is 31.4 Å². The molecule has 0 N–H and O–H groups in total. The molecule has 0 saturated carbocycles. The van der Waals surface area contributed by atoms with Gasteiger partial charge in [0.15, 0.2) is 0 Å². The van der Waals surface area contributed by atoms with Gasteiger partial charge in [-0.2, -0.15) is 4.98 Å². The Morgan fingerprint density at radius 1 is 0.871 bits per heavy atom. The highest BCUT2D eigenvalue weighted by atomic mass is 35.5. The summed E-state index contributed by atoms with van der Waals surface area (Å²) in [6.45, 7) is 4.06. The van der Waals surface area contributed by atoms with E-state index in [1.54, 1.807) is 0 Å². The van der Waals surface area contributed by atoms with Crippen LogP contribution in [0.4, 0.5) is 0 Å². The molecular formula is C25H26ClN3O2. The first-order valence-electron chi connectivity index (χ1n) is 10.8. The van der Waals surface area contributed by atoms with Crippen molar-refractivity contribution in [3.05, 3.63) is 64.9 Å². The van der Waals surface area contributed by atoms with Crippen molar-refractivity contribution >= 4 is 11.6 Å². The van der Waals surface area contributed by atoms with Gasteiger partial charge in [-0.3, -0.25) is 0 Å². The number of hydrogen-bond donors (Lipinski definition) is 0. The average molecular weight is 436 g/mol. The van der Waals surface area contributed by atoms with Crippen LogP contribution < -0.4 is 0 Å². The largest absolute Gasteiger partial charge is 0.360 e. The van der Waals surface area contributed by atoms with Crippen LogP contribution in [0, 0.1) is 6.92 Å². The third-order valence-electron chi connectivity index (χ3n) is 5.41. The number of benzene rings is 2. The monoisotopic (exact) mass is 435 g/mol. The van der Waals surface area contributed by atoms with Crippen LogP contribution in [0.1, 0.15) is 50.4 Å². The van der Waals surface area contributed by atoms with Crippen molar-refractivity contribution in [2.75, 3.05) is 0 Å². The Hall–Kier alpha value is -2.92. The molecular weight excluding hydrogens is 410 g/mol. The summed E-state index contributed by atoms with van der Waals surface area (Å²) >= 11 is 6.36. The summed E-state index contributed by atoms with van der Waals surface area (Å²) in [6.07, 6.45) is 7.53. The average Bonchev–Trinajstić information content (AvgIpc) is 3.41. The molecule has 0 aliphatic carbocycles. The van der Waals surface area contributed by atoms with E-state index >= 15 is 0 Å². The van der Waals surface area contributed by atoms with Crippen LogP contribution >= 0.6 is 11.6 Å². The predicted octanol–water partition coefficient (Wildman–Crippen LogP) is 7.53. The maximum atomic E-state index is 6.36. The van der Waals surface area contributed by atoms with Gasteiger partial charge < -0.3 is 9.05 Å². The molecule has 0 bridgehead atoms. The van der Waals surface area contributed by atoms with Crippen LogP contribution in [0.5, 0.6) is 0 Å². The molecule has 5 nitrogen and oxygen atoms in total. The SMILES string of the molecule is CCCCCCCc1ccc(-c2noc(-c3c(-c4ccccc4Cl)noc3C)n2)cc1. The van der Waals surface area contributed by atoms with Crippen molar-refractivity contribution < 1.29 is 9.05 Å². The molecule has 0 aliphatic heterocycles. The molecule has 2 aromatic heterocycles. The summed E-state index contributed by atoms with van der Waals surface area (Å²) < 4.78 is 11.0. The van der Waals surface area contributed by atoms with Crippen molar-refractivity contribution in [1.82, 2.24) is 15.3 Å². The lowest BCUT2D eigenvalue weighted by Crippen LogP contribution is -1.88. The van der Waals surface area contributed by atoms with Crippen LogP contribution in [0.15, 0.2) is 57.6 Å². The van der Waals surface area contributed by atoms with Crippen LogP contribution in [-0.2, 0) is 6.42 Å². The van der Waals surface area contributed by atoms with E-state index in [2.05, 4.69) is 34.4 Å². The first kappa shape index (κ1) is 21.3. The standard InChI is InChI=1S/C25H26ClN3O2/c1-3-4-5-6-7-10-18-13-15-19(16-14-18)24-27-25(31-29-24)22-17(2)30-28-23(22)20-11-8-9-12-21(20)26/h8-9,11-16H,3-7,10H2,1-2H3. The van der Waals surface area contributed by atoms with E-state index in [4.69, 9.17) is 20.6 Å². The van der Waals surface area contributed by atoms with Crippen LogP contribution in [0.2, 0.25) is 5.02 Å². The Kier molecular flexibility index (Phi) is 6.82. The molecule has 2 heterocycles. The van der Waals surface area contributed by atoms with Gasteiger partial charge in [-0.1, -0.05) is 97.0 Å². The zero-order valence-electron chi connectivity index (χ0n) is 17.9. The van der Waals surface area contributed by atoms with E-state index in [0.29, 0.717) is 33.8 Å². The number of aromatic nitrogens is 3. The van der Waals surface area contributed by atoms with Gasteiger partial charge in [0.05, 0.1) is 5.02 Å². The van der Waals surface area contributed by atoms with Gasteiger partial charge >= 0.3 is 0 Å². The van der Waals surface area contributed by atoms with Gasteiger partial charge in [0.1, 0.15) is 17.0 Å². The summed E-state index contributed by atoms with van der Waals surface area (Å²) in [4.78, 5) is 4.60. The number of aryl methyl sites for hydroxylation is 2.